The van der Waals surface area contributed by atoms with Crippen LogP contribution in [0, 0.1) is 12.7 Å². The molecule has 2 N–H and O–H groups in total. The molecule has 3 heterocycles. The van der Waals surface area contributed by atoms with Crippen LogP contribution >= 0.6 is 0 Å². The molecular weight excluding hydrogens is 471 g/mol. The molecule has 1 aliphatic rings. The van der Waals surface area contributed by atoms with Crippen molar-refractivity contribution in [2.24, 2.45) is 5.14 Å². The zero-order chi connectivity index (χ0) is 24.6. The van der Waals surface area contributed by atoms with Crippen molar-refractivity contribution in [3.8, 4) is 5.69 Å². The number of hydrogen-bond donors (Lipinski definition) is 1. The fraction of sp³-hybridized carbons (Fsp3) is 0.292. The van der Waals surface area contributed by atoms with Crippen LogP contribution in [0.15, 0.2) is 58.1 Å². The van der Waals surface area contributed by atoms with E-state index < -0.39 is 15.8 Å². The Morgan fingerprint density at radius 1 is 1.14 bits per heavy atom. The lowest BCUT2D eigenvalue weighted by molar-refractivity contribution is 0.268. The van der Waals surface area contributed by atoms with E-state index in [-0.39, 0.29) is 10.6 Å². The lowest BCUT2D eigenvalue weighted by atomic mass is 10.1. The van der Waals surface area contributed by atoms with Crippen LogP contribution in [0.1, 0.15) is 34.0 Å². The maximum Gasteiger partial charge on any atom is 0.238 e. The minimum atomic E-state index is -4.03. The third kappa shape index (κ3) is 5.16. The number of nitrogens with zero attached hydrogens (tertiary/aromatic N) is 5. The van der Waals surface area contributed by atoms with E-state index in [0.29, 0.717) is 24.6 Å². The van der Waals surface area contributed by atoms with Gasteiger partial charge in [0.05, 0.1) is 17.1 Å². The van der Waals surface area contributed by atoms with E-state index in [9.17, 15) is 8.42 Å². The zero-order valence-electron chi connectivity index (χ0n) is 19.2. The standard InChI is InChI=1S/C24H25FN6O3S/c1-16-3-2-4-17(11-16)12-24-27-23(14-30-9-7-18-15-34-29-21(18)8-10-30)28-31(24)22-6-5-19(13-20(22)25)35(26,32)33/h2-6,11,13,15H,7-10,12,14H2,1H3,(H2,26,32,33). The van der Waals surface area contributed by atoms with Gasteiger partial charge in [0.25, 0.3) is 0 Å². The van der Waals surface area contributed by atoms with Gasteiger partial charge in [-0.3, -0.25) is 4.90 Å². The maximum atomic E-state index is 15.1. The first-order valence-electron chi connectivity index (χ1n) is 11.2. The number of fused-ring (bicyclic) bond motifs is 1. The van der Waals surface area contributed by atoms with Crippen molar-refractivity contribution in [3.05, 3.63) is 88.6 Å². The van der Waals surface area contributed by atoms with E-state index in [0.717, 1.165) is 54.4 Å². The summed E-state index contributed by atoms with van der Waals surface area (Å²) < 4.78 is 44.9. The molecule has 2 aromatic heterocycles. The summed E-state index contributed by atoms with van der Waals surface area (Å²) in [6, 6.07) is 11.5. The highest BCUT2D eigenvalue weighted by molar-refractivity contribution is 7.89. The zero-order valence-corrected chi connectivity index (χ0v) is 20.0. The summed E-state index contributed by atoms with van der Waals surface area (Å²) in [6.07, 6.45) is 3.72. The van der Waals surface area contributed by atoms with Gasteiger partial charge in [-0.1, -0.05) is 35.0 Å². The highest BCUT2D eigenvalue weighted by Gasteiger charge is 2.21. The Kier molecular flexibility index (Phi) is 6.22. The molecule has 0 radical (unpaired) electrons. The average molecular weight is 497 g/mol. The maximum absolute atomic E-state index is 15.1. The van der Waals surface area contributed by atoms with Crippen molar-refractivity contribution < 1.29 is 17.3 Å². The van der Waals surface area contributed by atoms with E-state index in [2.05, 4.69) is 15.2 Å². The van der Waals surface area contributed by atoms with Gasteiger partial charge in [0, 0.05) is 31.5 Å². The molecule has 182 valence electrons. The SMILES string of the molecule is Cc1cccc(Cc2nc(CN3CCc4conc4CC3)nn2-c2ccc(S(N)(=O)=O)cc2F)c1. The first kappa shape index (κ1) is 23.3. The van der Waals surface area contributed by atoms with Crippen LogP contribution in [-0.2, 0) is 35.8 Å². The van der Waals surface area contributed by atoms with Crippen LogP contribution in [0.3, 0.4) is 0 Å². The van der Waals surface area contributed by atoms with Crippen LogP contribution in [0.2, 0.25) is 0 Å². The van der Waals surface area contributed by atoms with Gasteiger partial charge in [-0.2, -0.15) is 0 Å². The quantitative estimate of drug-likeness (QED) is 0.436. The molecule has 4 aromatic rings. The Labute approximate surface area is 202 Å². The molecule has 11 heteroatoms. The average Bonchev–Trinajstić information content (AvgIpc) is 3.36. The van der Waals surface area contributed by atoms with Gasteiger partial charge in [-0.05, 0) is 37.1 Å². The summed E-state index contributed by atoms with van der Waals surface area (Å²) in [4.78, 5) is 6.69. The largest absolute Gasteiger partial charge is 0.364 e. The smallest absolute Gasteiger partial charge is 0.238 e. The Bertz CT molecular complexity index is 1460. The van der Waals surface area contributed by atoms with Crippen molar-refractivity contribution in [2.75, 3.05) is 13.1 Å². The third-order valence-electron chi connectivity index (χ3n) is 6.09. The summed E-state index contributed by atoms with van der Waals surface area (Å²) in [7, 11) is -4.03. The van der Waals surface area contributed by atoms with Crippen LogP contribution < -0.4 is 5.14 Å². The topological polar surface area (TPSA) is 120 Å². The van der Waals surface area contributed by atoms with Crippen LogP contribution in [-0.4, -0.2) is 46.3 Å². The number of aromatic nitrogens is 4. The molecule has 0 aliphatic carbocycles. The van der Waals surface area contributed by atoms with Gasteiger partial charge in [-0.15, -0.1) is 5.10 Å². The Hall–Kier alpha value is -3.41. The van der Waals surface area contributed by atoms with E-state index >= 15 is 4.39 Å². The van der Waals surface area contributed by atoms with Gasteiger partial charge in [0.2, 0.25) is 10.0 Å². The predicted molar refractivity (Wildman–Crippen MR) is 126 cm³/mol. The molecule has 9 nitrogen and oxygen atoms in total. The van der Waals surface area contributed by atoms with E-state index in [4.69, 9.17) is 14.6 Å². The molecule has 35 heavy (non-hydrogen) atoms. The molecule has 0 bridgehead atoms. The molecule has 0 amide bonds. The van der Waals surface area contributed by atoms with Gasteiger partial charge < -0.3 is 4.52 Å². The van der Waals surface area contributed by atoms with Crippen LogP contribution in [0.25, 0.3) is 5.69 Å². The number of benzene rings is 2. The van der Waals surface area contributed by atoms with Crippen molar-refractivity contribution in [3.63, 3.8) is 0 Å². The number of nitrogens with two attached hydrogens (primary N) is 1. The number of primary sulfonamides is 1. The molecule has 0 spiro atoms. The van der Waals surface area contributed by atoms with Gasteiger partial charge in [0.15, 0.2) is 5.82 Å². The monoisotopic (exact) mass is 496 g/mol. The first-order chi connectivity index (χ1) is 16.8. The second-order valence-electron chi connectivity index (χ2n) is 8.74. The van der Waals surface area contributed by atoms with E-state index in [1.54, 1.807) is 6.26 Å². The minimum absolute atomic E-state index is 0.112. The molecule has 2 aromatic carbocycles. The Balaban J connectivity index is 1.47. The Morgan fingerprint density at radius 3 is 2.74 bits per heavy atom. The van der Waals surface area contributed by atoms with Gasteiger partial charge >= 0.3 is 0 Å². The number of rotatable bonds is 6. The molecule has 0 atom stereocenters. The van der Waals surface area contributed by atoms with Crippen molar-refractivity contribution in [1.29, 1.82) is 0 Å². The second-order valence-corrected chi connectivity index (χ2v) is 10.3. The number of halogens is 1. The lowest BCUT2D eigenvalue weighted by Gasteiger charge is -2.17. The lowest BCUT2D eigenvalue weighted by Crippen LogP contribution is -2.26. The summed E-state index contributed by atoms with van der Waals surface area (Å²) in [5.74, 6) is 0.368. The fourth-order valence-corrected chi connectivity index (χ4v) is 4.83. The Morgan fingerprint density at radius 2 is 1.97 bits per heavy atom. The van der Waals surface area contributed by atoms with E-state index in [1.807, 2.05) is 31.2 Å². The number of hydrogen-bond acceptors (Lipinski definition) is 7. The predicted octanol–water partition coefficient (Wildman–Crippen LogP) is 2.54. The van der Waals surface area contributed by atoms with Crippen LogP contribution in [0.4, 0.5) is 4.39 Å². The summed E-state index contributed by atoms with van der Waals surface area (Å²) in [6.45, 7) is 4.07. The first-order valence-corrected chi connectivity index (χ1v) is 12.8. The van der Waals surface area contributed by atoms with Gasteiger partial charge in [-0.25, -0.2) is 27.6 Å². The summed E-state index contributed by atoms with van der Waals surface area (Å²) in [5.41, 5.74) is 4.32. The minimum Gasteiger partial charge on any atom is -0.364 e. The van der Waals surface area contributed by atoms with Gasteiger partial charge in [0.1, 0.15) is 23.6 Å². The molecule has 1 aliphatic heterocycles. The van der Waals surface area contributed by atoms with E-state index in [1.165, 1.54) is 16.8 Å². The number of aryl methyl sites for hydroxylation is 1. The molecule has 5 rings (SSSR count). The highest BCUT2D eigenvalue weighted by atomic mass is 32.2. The number of sulfonamides is 1. The molecular formula is C24H25FN6O3S. The van der Waals surface area contributed by atoms with Crippen LogP contribution in [0.5, 0.6) is 0 Å². The fourth-order valence-electron chi connectivity index (χ4n) is 4.31. The second kappa shape index (κ2) is 9.33. The normalized spacial score (nSPS) is 14.6. The highest BCUT2D eigenvalue weighted by Crippen LogP contribution is 2.22. The molecule has 0 saturated carbocycles. The third-order valence-corrected chi connectivity index (χ3v) is 7.01. The van der Waals surface area contributed by atoms with Crippen molar-refractivity contribution >= 4 is 10.0 Å². The van der Waals surface area contributed by atoms with Crippen molar-refractivity contribution in [1.82, 2.24) is 24.8 Å². The molecule has 0 saturated heterocycles. The molecule has 0 fully saturated rings. The molecule has 0 unspecified atom stereocenters. The summed E-state index contributed by atoms with van der Waals surface area (Å²) in [5, 5.41) is 13.9. The van der Waals surface area contributed by atoms with Crippen molar-refractivity contribution in [2.45, 2.75) is 37.6 Å². The summed E-state index contributed by atoms with van der Waals surface area (Å²) >= 11 is 0.